The highest BCUT2D eigenvalue weighted by molar-refractivity contribution is 7.16. The highest BCUT2D eigenvalue weighted by Crippen LogP contribution is 2.20. The molecule has 34 heavy (non-hydrogen) atoms. The van der Waals surface area contributed by atoms with Crippen LogP contribution >= 0.6 is 11.3 Å². The van der Waals surface area contributed by atoms with Crippen molar-refractivity contribution in [2.24, 2.45) is 0 Å². The van der Waals surface area contributed by atoms with Crippen LogP contribution in [0.15, 0.2) is 60.2 Å². The summed E-state index contributed by atoms with van der Waals surface area (Å²) >= 11 is 1.65. The lowest BCUT2D eigenvalue weighted by Gasteiger charge is -2.23. The van der Waals surface area contributed by atoms with Crippen LogP contribution in [0.1, 0.15) is 33.0 Å². The number of aromatic nitrogens is 3. The van der Waals surface area contributed by atoms with E-state index in [1.54, 1.807) is 11.3 Å². The van der Waals surface area contributed by atoms with Crippen LogP contribution in [0, 0.1) is 0 Å². The second-order valence-corrected chi connectivity index (χ2v) is 9.43. The van der Waals surface area contributed by atoms with E-state index in [2.05, 4.69) is 33.5 Å². The van der Waals surface area contributed by atoms with Crippen molar-refractivity contribution in [3.05, 3.63) is 88.4 Å². The van der Waals surface area contributed by atoms with Crippen molar-refractivity contribution in [3.8, 4) is 0 Å². The van der Waals surface area contributed by atoms with Crippen molar-refractivity contribution in [1.82, 2.24) is 20.3 Å². The molecule has 2 aromatic carbocycles. The number of nitrogens with one attached hydrogen (secondary N) is 2. The number of fused-ring (bicyclic) bond motifs is 1. The van der Waals surface area contributed by atoms with Gasteiger partial charge in [0.2, 0.25) is 0 Å². The molecule has 4 aromatic rings. The summed E-state index contributed by atoms with van der Waals surface area (Å²) in [5.74, 6) is 0.715. The molecule has 174 valence electrons. The van der Waals surface area contributed by atoms with Gasteiger partial charge < -0.3 is 15.0 Å². The molecule has 2 aromatic heterocycles. The summed E-state index contributed by atoms with van der Waals surface area (Å²) in [6.07, 6.45) is 3.14. The van der Waals surface area contributed by atoms with E-state index in [0.29, 0.717) is 18.5 Å². The number of benzene rings is 2. The summed E-state index contributed by atoms with van der Waals surface area (Å²) < 4.78 is 6.58. The maximum Gasteiger partial charge on any atom is 0.251 e. The van der Waals surface area contributed by atoms with Crippen LogP contribution in [0.2, 0.25) is 0 Å². The molecule has 0 unspecified atom stereocenters. The molecule has 1 saturated heterocycles. The van der Waals surface area contributed by atoms with Gasteiger partial charge in [-0.15, -0.1) is 11.3 Å². The first-order valence-electron chi connectivity index (χ1n) is 11.6. The van der Waals surface area contributed by atoms with Crippen molar-refractivity contribution in [1.29, 1.82) is 0 Å². The molecule has 8 heteroatoms. The van der Waals surface area contributed by atoms with Crippen LogP contribution in [0.3, 0.4) is 0 Å². The highest BCUT2D eigenvalue weighted by Gasteiger charge is 2.14. The van der Waals surface area contributed by atoms with Gasteiger partial charge in [0.15, 0.2) is 0 Å². The van der Waals surface area contributed by atoms with Gasteiger partial charge >= 0.3 is 0 Å². The summed E-state index contributed by atoms with van der Waals surface area (Å²) in [4.78, 5) is 27.7. The van der Waals surface area contributed by atoms with Crippen LogP contribution in [0.4, 0.5) is 0 Å². The molecule has 1 fully saturated rings. The summed E-state index contributed by atoms with van der Waals surface area (Å²) in [5, 5.41) is 3.05. The Morgan fingerprint density at radius 2 is 1.91 bits per heavy atom. The number of morpholine rings is 1. The Bertz CT molecular complexity index is 1270. The van der Waals surface area contributed by atoms with Crippen LogP contribution in [-0.2, 0) is 17.6 Å². The Balaban J connectivity index is 1.19. The fourth-order valence-corrected chi connectivity index (χ4v) is 4.95. The average Bonchev–Trinajstić information content (AvgIpc) is 3.33. The molecular weight excluding hydrogens is 446 g/mol. The highest BCUT2D eigenvalue weighted by atomic mass is 32.1. The summed E-state index contributed by atoms with van der Waals surface area (Å²) in [7, 11) is 0. The lowest BCUT2D eigenvalue weighted by atomic mass is 10.1. The standard InChI is InChI=1S/C26H27N5O2S/c32-26(28-8-9-31-10-12-33-13-11-31)21-3-1-2-19(14-21)17-25-27-7-6-22(30-25)15-20-4-5-23-24(16-20)34-18-29-23/h1-7,14,16,18H,8-13,15,17H2,(H,28,32)/p+1. The second-order valence-electron chi connectivity index (χ2n) is 8.54. The minimum Gasteiger partial charge on any atom is -0.370 e. The third-order valence-electron chi connectivity index (χ3n) is 6.06. The lowest BCUT2D eigenvalue weighted by Crippen LogP contribution is -3.14. The van der Waals surface area contributed by atoms with E-state index in [1.807, 2.05) is 42.0 Å². The molecule has 3 heterocycles. The first kappa shape index (κ1) is 22.6. The molecule has 7 nitrogen and oxygen atoms in total. The van der Waals surface area contributed by atoms with Crippen molar-refractivity contribution in [2.45, 2.75) is 12.8 Å². The first-order valence-corrected chi connectivity index (χ1v) is 12.5. The predicted molar refractivity (Wildman–Crippen MR) is 132 cm³/mol. The van der Waals surface area contributed by atoms with E-state index >= 15 is 0 Å². The van der Waals surface area contributed by atoms with Gasteiger partial charge in [0.1, 0.15) is 18.9 Å². The number of thiazole rings is 1. The third kappa shape index (κ3) is 5.83. The van der Waals surface area contributed by atoms with E-state index in [-0.39, 0.29) is 5.91 Å². The number of rotatable bonds is 8. The molecule has 1 amide bonds. The molecular formula is C26H28N5O2S+. The molecule has 5 rings (SSSR count). The molecule has 0 radical (unpaired) electrons. The smallest absolute Gasteiger partial charge is 0.251 e. The van der Waals surface area contributed by atoms with E-state index in [0.717, 1.165) is 61.9 Å². The number of hydrogen-bond donors (Lipinski definition) is 2. The van der Waals surface area contributed by atoms with E-state index in [9.17, 15) is 4.79 Å². The monoisotopic (exact) mass is 474 g/mol. The minimum absolute atomic E-state index is 0.0392. The number of amides is 1. The normalized spacial score (nSPS) is 14.4. The number of carbonyl (C=O) groups excluding carboxylic acids is 1. The van der Waals surface area contributed by atoms with Gasteiger partial charge in [-0.25, -0.2) is 15.0 Å². The molecule has 1 aliphatic rings. The van der Waals surface area contributed by atoms with E-state index < -0.39 is 0 Å². The SMILES string of the molecule is O=C(NCC[NH+]1CCOCC1)c1cccc(Cc2nccc(Cc3ccc4ncsc4c3)n2)c1. The molecule has 0 bridgehead atoms. The topological polar surface area (TPSA) is 81.4 Å². The molecule has 0 saturated carbocycles. The number of nitrogens with zero attached hydrogens (tertiary/aromatic N) is 3. The number of carbonyl (C=O) groups is 1. The van der Waals surface area contributed by atoms with Gasteiger partial charge in [0.05, 0.1) is 42.0 Å². The van der Waals surface area contributed by atoms with Crippen LogP contribution < -0.4 is 10.2 Å². The molecule has 0 aliphatic carbocycles. The van der Waals surface area contributed by atoms with E-state index in [4.69, 9.17) is 9.72 Å². The van der Waals surface area contributed by atoms with Gasteiger partial charge in [0.25, 0.3) is 5.91 Å². The van der Waals surface area contributed by atoms with Gasteiger partial charge in [-0.1, -0.05) is 18.2 Å². The summed E-state index contributed by atoms with van der Waals surface area (Å²) in [5.41, 5.74) is 6.78. The van der Waals surface area contributed by atoms with Crippen LogP contribution in [0.5, 0.6) is 0 Å². The Kier molecular flexibility index (Phi) is 7.19. The zero-order chi connectivity index (χ0) is 23.2. The third-order valence-corrected chi connectivity index (χ3v) is 6.85. The molecule has 1 aliphatic heterocycles. The fraction of sp³-hybridized carbons (Fsp3) is 0.308. The fourth-order valence-electron chi connectivity index (χ4n) is 4.21. The van der Waals surface area contributed by atoms with Crippen molar-refractivity contribution in [2.75, 3.05) is 39.4 Å². The maximum absolute atomic E-state index is 12.6. The molecule has 2 N–H and O–H groups in total. The van der Waals surface area contributed by atoms with Gasteiger partial charge in [0, 0.05) is 30.3 Å². The first-order chi connectivity index (χ1) is 16.7. The Hall–Kier alpha value is -3.20. The number of quaternary nitrogens is 1. The molecule has 0 spiro atoms. The average molecular weight is 475 g/mol. The lowest BCUT2D eigenvalue weighted by molar-refractivity contribution is -0.906. The predicted octanol–water partition coefficient (Wildman–Crippen LogP) is 1.91. The number of hydrogen-bond acceptors (Lipinski definition) is 6. The van der Waals surface area contributed by atoms with Crippen molar-refractivity contribution in [3.63, 3.8) is 0 Å². The maximum atomic E-state index is 12.6. The van der Waals surface area contributed by atoms with Crippen molar-refractivity contribution < 1.29 is 14.4 Å². The van der Waals surface area contributed by atoms with Gasteiger partial charge in [-0.05, 0) is 41.5 Å². The van der Waals surface area contributed by atoms with Gasteiger partial charge in [-0.3, -0.25) is 4.79 Å². The zero-order valence-electron chi connectivity index (χ0n) is 19.0. The largest absolute Gasteiger partial charge is 0.370 e. The van der Waals surface area contributed by atoms with Crippen LogP contribution in [-0.4, -0.2) is 60.3 Å². The quantitative estimate of drug-likeness (QED) is 0.408. The zero-order valence-corrected chi connectivity index (χ0v) is 19.8. The Morgan fingerprint density at radius 1 is 1.03 bits per heavy atom. The Labute approximate surface area is 202 Å². The minimum atomic E-state index is -0.0392. The summed E-state index contributed by atoms with van der Waals surface area (Å²) in [6.45, 7) is 5.20. The second kappa shape index (κ2) is 10.8. The molecule has 0 atom stereocenters. The van der Waals surface area contributed by atoms with Gasteiger partial charge in [-0.2, -0.15) is 0 Å². The van der Waals surface area contributed by atoms with E-state index in [1.165, 1.54) is 15.2 Å². The van der Waals surface area contributed by atoms with Crippen LogP contribution in [0.25, 0.3) is 10.2 Å². The van der Waals surface area contributed by atoms with Crippen molar-refractivity contribution >= 4 is 27.5 Å². The number of ether oxygens (including phenoxy) is 1. The Morgan fingerprint density at radius 3 is 2.82 bits per heavy atom. The summed E-state index contributed by atoms with van der Waals surface area (Å²) in [6, 6.07) is 16.0.